The van der Waals surface area contributed by atoms with Crippen molar-refractivity contribution in [2.45, 2.75) is 72.8 Å². The number of piperidine rings is 1. The topological polar surface area (TPSA) is 77.0 Å². The van der Waals surface area contributed by atoms with Gasteiger partial charge in [0.2, 0.25) is 5.91 Å². The van der Waals surface area contributed by atoms with Gasteiger partial charge in [-0.2, -0.15) is 5.10 Å². The number of rotatable bonds is 9. The van der Waals surface area contributed by atoms with Crippen molar-refractivity contribution in [2.75, 3.05) is 26.2 Å². The molecule has 2 aromatic rings. The lowest BCUT2D eigenvalue weighted by Gasteiger charge is -2.26. The lowest BCUT2D eigenvalue weighted by Crippen LogP contribution is -2.35. The molecule has 1 heterocycles. The Balaban J connectivity index is 0.000000247. The van der Waals surface area contributed by atoms with E-state index in [-0.39, 0.29) is 11.7 Å². The van der Waals surface area contributed by atoms with E-state index < -0.39 is 0 Å². The van der Waals surface area contributed by atoms with Crippen LogP contribution in [0.2, 0.25) is 0 Å². The van der Waals surface area contributed by atoms with Crippen molar-refractivity contribution in [2.24, 2.45) is 5.10 Å². The highest BCUT2D eigenvalue weighted by Crippen LogP contribution is 2.23. The van der Waals surface area contributed by atoms with Gasteiger partial charge in [-0.05, 0) is 74.0 Å². The normalized spacial score (nSPS) is 14.4. The monoisotopic (exact) mass is 480 g/mol. The van der Waals surface area contributed by atoms with Crippen LogP contribution in [0.3, 0.4) is 0 Å². The van der Waals surface area contributed by atoms with Crippen molar-refractivity contribution in [1.29, 1.82) is 0 Å². The number of carbonyl (C=O) groups is 1. The number of hydrazone groups is 1. The van der Waals surface area contributed by atoms with E-state index in [0.717, 1.165) is 25.1 Å². The third kappa shape index (κ3) is 10.6. The molecule has 0 unspecified atom stereocenters. The molecule has 1 fully saturated rings. The van der Waals surface area contributed by atoms with E-state index in [4.69, 9.17) is 0 Å². The Kier molecular flexibility index (Phi) is 12.5. The molecule has 3 N–H and O–H groups in total. The second kappa shape index (κ2) is 15.3. The van der Waals surface area contributed by atoms with Gasteiger partial charge in [-0.25, -0.2) is 5.43 Å². The van der Waals surface area contributed by atoms with E-state index in [1.54, 1.807) is 13.0 Å². The van der Waals surface area contributed by atoms with Crippen LogP contribution in [0.5, 0.6) is 5.75 Å². The van der Waals surface area contributed by atoms with Crippen LogP contribution in [-0.4, -0.2) is 47.8 Å². The molecule has 192 valence electrons. The fourth-order valence-electron chi connectivity index (χ4n) is 3.97. The van der Waals surface area contributed by atoms with Gasteiger partial charge in [0.05, 0.1) is 5.71 Å². The predicted octanol–water partition coefficient (Wildman–Crippen LogP) is 5.20. The van der Waals surface area contributed by atoms with Crippen molar-refractivity contribution in [3.63, 3.8) is 0 Å². The van der Waals surface area contributed by atoms with Crippen molar-refractivity contribution < 1.29 is 9.90 Å². The van der Waals surface area contributed by atoms with Gasteiger partial charge >= 0.3 is 0 Å². The predicted molar refractivity (Wildman–Crippen MR) is 146 cm³/mol. The number of amides is 1. The van der Waals surface area contributed by atoms with Gasteiger partial charge in [0.15, 0.2) is 0 Å². The van der Waals surface area contributed by atoms with Crippen LogP contribution in [0.25, 0.3) is 0 Å². The third-order valence-corrected chi connectivity index (χ3v) is 6.27. The van der Waals surface area contributed by atoms with Crippen LogP contribution in [0, 0.1) is 0 Å². The van der Waals surface area contributed by atoms with Crippen molar-refractivity contribution in [1.82, 2.24) is 15.6 Å². The average Bonchev–Trinajstić information content (AvgIpc) is 2.86. The Morgan fingerprint density at radius 3 is 2.29 bits per heavy atom. The van der Waals surface area contributed by atoms with Crippen LogP contribution in [0.15, 0.2) is 47.6 Å². The highest BCUT2D eigenvalue weighted by molar-refractivity contribution is 6.01. The van der Waals surface area contributed by atoms with Crippen LogP contribution in [0.1, 0.15) is 82.1 Å². The molecule has 0 aromatic heterocycles. The summed E-state index contributed by atoms with van der Waals surface area (Å²) in [6.45, 7) is 15.4. The molecular formula is C29H44N4O2. The first kappa shape index (κ1) is 28.5. The molecule has 2 aromatic carbocycles. The molecule has 1 saturated heterocycles. The molecule has 3 rings (SSSR count). The minimum Gasteiger partial charge on any atom is -0.507 e. The SMILES string of the molecule is CC(=O)N/N=C(\C)c1cc(C(C)C)ccc1O.CCc1ccc(CNCCN2CCCCC2)cc1. The maximum Gasteiger partial charge on any atom is 0.236 e. The summed E-state index contributed by atoms with van der Waals surface area (Å²) in [5.41, 5.74) is 7.52. The summed E-state index contributed by atoms with van der Waals surface area (Å²) in [6, 6.07) is 14.4. The number of phenolic OH excluding ortho intramolecular Hbond substituents is 1. The van der Waals surface area contributed by atoms with Gasteiger partial charge in [0, 0.05) is 32.1 Å². The Labute approximate surface area is 211 Å². The van der Waals surface area contributed by atoms with Gasteiger partial charge in [0.1, 0.15) is 5.75 Å². The smallest absolute Gasteiger partial charge is 0.236 e. The minimum atomic E-state index is -0.233. The molecule has 1 aliphatic heterocycles. The van der Waals surface area contributed by atoms with E-state index in [2.05, 4.69) is 65.8 Å². The Morgan fingerprint density at radius 2 is 1.69 bits per heavy atom. The zero-order valence-electron chi connectivity index (χ0n) is 22.2. The number of nitrogens with one attached hydrogen (secondary N) is 2. The van der Waals surface area contributed by atoms with Gasteiger partial charge in [-0.3, -0.25) is 4.79 Å². The highest BCUT2D eigenvalue weighted by atomic mass is 16.3. The number of hydrogen-bond donors (Lipinski definition) is 3. The number of aromatic hydroxyl groups is 1. The zero-order valence-corrected chi connectivity index (χ0v) is 22.2. The number of phenols is 1. The fourth-order valence-corrected chi connectivity index (χ4v) is 3.97. The van der Waals surface area contributed by atoms with Crippen LogP contribution >= 0.6 is 0 Å². The molecule has 1 aliphatic rings. The summed E-state index contributed by atoms with van der Waals surface area (Å²) in [7, 11) is 0. The second-order valence-electron chi connectivity index (χ2n) is 9.55. The Morgan fingerprint density at radius 1 is 1.03 bits per heavy atom. The van der Waals surface area contributed by atoms with E-state index in [1.807, 2.05) is 12.1 Å². The van der Waals surface area contributed by atoms with E-state index >= 15 is 0 Å². The molecule has 0 aliphatic carbocycles. The fraction of sp³-hybridized carbons (Fsp3) is 0.517. The minimum absolute atomic E-state index is 0.168. The summed E-state index contributed by atoms with van der Waals surface area (Å²) in [5, 5.41) is 17.2. The molecule has 0 atom stereocenters. The highest BCUT2D eigenvalue weighted by Gasteiger charge is 2.09. The molecule has 0 saturated carbocycles. The summed E-state index contributed by atoms with van der Waals surface area (Å²) in [6.07, 6.45) is 5.33. The van der Waals surface area contributed by atoms with E-state index in [0.29, 0.717) is 17.2 Å². The number of carbonyl (C=O) groups excluding carboxylic acids is 1. The average molecular weight is 481 g/mol. The Bertz CT molecular complexity index is 932. The van der Waals surface area contributed by atoms with Crippen molar-refractivity contribution >= 4 is 11.6 Å². The largest absolute Gasteiger partial charge is 0.507 e. The number of benzene rings is 2. The summed E-state index contributed by atoms with van der Waals surface area (Å²) in [4.78, 5) is 13.3. The lowest BCUT2D eigenvalue weighted by molar-refractivity contribution is -0.118. The summed E-state index contributed by atoms with van der Waals surface area (Å²) in [5.74, 6) is 0.313. The molecule has 1 amide bonds. The van der Waals surface area contributed by atoms with E-state index in [1.165, 1.54) is 56.9 Å². The van der Waals surface area contributed by atoms with Gasteiger partial charge < -0.3 is 15.3 Å². The maximum atomic E-state index is 10.8. The Hall–Kier alpha value is -2.70. The molecule has 0 spiro atoms. The first-order valence-corrected chi connectivity index (χ1v) is 12.9. The van der Waals surface area contributed by atoms with Crippen molar-refractivity contribution in [3.05, 3.63) is 64.7 Å². The van der Waals surface area contributed by atoms with E-state index in [9.17, 15) is 9.90 Å². The van der Waals surface area contributed by atoms with Crippen LogP contribution in [-0.2, 0) is 17.8 Å². The van der Waals surface area contributed by atoms with Crippen LogP contribution in [0.4, 0.5) is 0 Å². The molecule has 35 heavy (non-hydrogen) atoms. The first-order valence-electron chi connectivity index (χ1n) is 12.9. The lowest BCUT2D eigenvalue weighted by atomic mass is 9.99. The number of nitrogens with zero attached hydrogens (tertiary/aromatic N) is 2. The molecule has 0 radical (unpaired) electrons. The molecular weight excluding hydrogens is 436 g/mol. The molecule has 0 bridgehead atoms. The van der Waals surface area contributed by atoms with Crippen LogP contribution < -0.4 is 10.7 Å². The first-order chi connectivity index (χ1) is 16.8. The summed E-state index contributed by atoms with van der Waals surface area (Å²) < 4.78 is 0. The number of aryl methyl sites for hydroxylation is 1. The van der Waals surface area contributed by atoms with Gasteiger partial charge in [-0.1, -0.05) is 57.5 Å². The number of likely N-dealkylation sites (tertiary alicyclic amines) is 1. The quantitative estimate of drug-likeness (QED) is 0.262. The summed E-state index contributed by atoms with van der Waals surface area (Å²) >= 11 is 0. The zero-order chi connectivity index (χ0) is 25.6. The van der Waals surface area contributed by atoms with Gasteiger partial charge in [-0.15, -0.1) is 0 Å². The standard InChI is InChI=1S/C16H26N2.C13H18N2O2/c1-2-15-6-8-16(9-7-15)14-17-10-13-18-11-4-3-5-12-18;1-8(2)11-5-6-13(17)12(7-11)9(3)14-15-10(4)16/h6-9,17H,2-5,10-14H2,1H3;5-8,17H,1-4H3,(H,15,16)/b;14-9+. The maximum absolute atomic E-state index is 10.8. The molecule has 6 nitrogen and oxygen atoms in total. The second-order valence-corrected chi connectivity index (χ2v) is 9.55. The third-order valence-electron chi connectivity index (χ3n) is 6.27. The van der Waals surface area contributed by atoms with Gasteiger partial charge in [0.25, 0.3) is 0 Å². The van der Waals surface area contributed by atoms with Crippen molar-refractivity contribution in [3.8, 4) is 5.75 Å². The molecule has 6 heteroatoms. The number of hydrogen-bond acceptors (Lipinski definition) is 5.